The summed E-state index contributed by atoms with van der Waals surface area (Å²) in [4.78, 5) is 23.4. The van der Waals surface area contributed by atoms with Gasteiger partial charge in [0.25, 0.3) is 0 Å². The van der Waals surface area contributed by atoms with E-state index in [1.807, 2.05) is 0 Å². The molecule has 4 aliphatic carbocycles. The number of hydrogen-bond acceptors (Lipinski definition) is 4. The Kier molecular flexibility index (Phi) is 3.55. The summed E-state index contributed by atoms with van der Waals surface area (Å²) in [5.41, 5.74) is -0.881. The summed E-state index contributed by atoms with van der Waals surface area (Å²) in [6, 6.07) is 0. The Morgan fingerprint density at radius 2 is 1.91 bits per heavy atom. The zero-order valence-electron chi connectivity index (χ0n) is 13.0. The van der Waals surface area contributed by atoms with Gasteiger partial charge in [0.15, 0.2) is 0 Å². The molecule has 0 aliphatic heterocycles. The Balaban J connectivity index is 1.88. The average Bonchev–Trinajstić information content (AvgIpc) is 2.49. The van der Waals surface area contributed by atoms with Crippen molar-refractivity contribution >= 4 is 11.9 Å². The Labute approximate surface area is 131 Å². The third-order valence-electron chi connectivity index (χ3n) is 5.95. The first-order valence-electron chi connectivity index (χ1n) is 8.02. The van der Waals surface area contributed by atoms with Crippen LogP contribution in [0.5, 0.6) is 0 Å². The molecule has 118 valence electrons. The van der Waals surface area contributed by atoms with Gasteiger partial charge in [0, 0.05) is 23.8 Å². The fraction of sp³-hybridized carbons (Fsp3) is 0.667. The molecule has 0 aromatic carbocycles. The fourth-order valence-corrected chi connectivity index (χ4v) is 5.38. The molecule has 4 heteroatoms. The number of terminal acetylenes is 1. The van der Waals surface area contributed by atoms with Gasteiger partial charge in [-0.15, -0.1) is 6.42 Å². The number of carbonyl (C=O) groups excluding carboxylic acids is 2. The van der Waals surface area contributed by atoms with Crippen LogP contribution in [0, 0.1) is 30.1 Å². The topological polar surface area (TPSA) is 52.6 Å². The van der Waals surface area contributed by atoms with Crippen molar-refractivity contribution in [2.24, 2.45) is 17.8 Å². The molecule has 0 radical (unpaired) electrons. The molecule has 0 heterocycles. The van der Waals surface area contributed by atoms with Gasteiger partial charge in [-0.25, -0.2) is 9.59 Å². The molecular weight excluding hydrogens is 280 g/mol. The van der Waals surface area contributed by atoms with E-state index in [4.69, 9.17) is 15.9 Å². The molecule has 0 N–H and O–H groups in total. The van der Waals surface area contributed by atoms with Crippen molar-refractivity contribution in [3.05, 3.63) is 12.7 Å². The van der Waals surface area contributed by atoms with Gasteiger partial charge >= 0.3 is 11.9 Å². The summed E-state index contributed by atoms with van der Waals surface area (Å²) >= 11 is 0. The zero-order valence-corrected chi connectivity index (χ0v) is 13.0. The van der Waals surface area contributed by atoms with Crippen molar-refractivity contribution in [3.63, 3.8) is 0 Å². The molecule has 0 saturated heterocycles. The van der Waals surface area contributed by atoms with E-state index in [9.17, 15) is 9.59 Å². The second kappa shape index (κ2) is 5.15. The first-order valence-corrected chi connectivity index (χ1v) is 8.02. The lowest BCUT2D eigenvalue weighted by Crippen LogP contribution is -2.65. The van der Waals surface area contributed by atoms with E-state index in [0.717, 1.165) is 38.5 Å². The van der Waals surface area contributed by atoms with E-state index in [1.165, 1.54) is 6.08 Å². The Bertz CT molecular complexity index is 540. The lowest BCUT2D eigenvalue weighted by atomic mass is 9.47. The number of ether oxygens (including phenoxy) is 2. The summed E-state index contributed by atoms with van der Waals surface area (Å²) in [7, 11) is 0. The largest absolute Gasteiger partial charge is 0.456 e. The van der Waals surface area contributed by atoms with E-state index >= 15 is 0 Å². The standard InChI is InChI=1S/C18H22O4/c1-4-15(19)21-17-9-12-7-13(10-17)18(6-3,14(8-12)11-17)22-16(20)5-2/h2,4,12-14H,1,6-11H2,3H3. The van der Waals surface area contributed by atoms with E-state index in [1.54, 1.807) is 0 Å². The molecule has 0 aromatic heterocycles. The van der Waals surface area contributed by atoms with Gasteiger partial charge in [-0.1, -0.05) is 13.5 Å². The van der Waals surface area contributed by atoms with E-state index in [2.05, 4.69) is 19.4 Å². The molecule has 4 saturated carbocycles. The Morgan fingerprint density at radius 3 is 2.41 bits per heavy atom. The maximum Gasteiger partial charge on any atom is 0.384 e. The average molecular weight is 302 g/mol. The van der Waals surface area contributed by atoms with Crippen molar-refractivity contribution in [3.8, 4) is 12.3 Å². The van der Waals surface area contributed by atoms with Gasteiger partial charge in [0.05, 0.1) is 0 Å². The number of hydrogen-bond donors (Lipinski definition) is 0. The van der Waals surface area contributed by atoms with E-state index in [-0.39, 0.29) is 17.8 Å². The maximum atomic E-state index is 11.7. The third kappa shape index (κ3) is 2.15. The number of esters is 2. The Morgan fingerprint density at radius 1 is 1.27 bits per heavy atom. The van der Waals surface area contributed by atoms with Crippen LogP contribution in [0.25, 0.3) is 0 Å². The normalized spacial score (nSPS) is 41.5. The molecule has 4 fully saturated rings. The minimum atomic E-state index is -0.577. The van der Waals surface area contributed by atoms with Crippen LogP contribution in [0.4, 0.5) is 0 Å². The van der Waals surface area contributed by atoms with Crippen LogP contribution < -0.4 is 0 Å². The fourth-order valence-electron chi connectivity index (χ4n) is 5.38. The Hall–Kier alpha value is -1.76. The molecule has 0 amide bonds. The van der Waals surface area contributed by atoms with Gasteiger partial charge in [-0.05, 0) is 44.4 Å². The summed E-state index contributed by atoms with van der Waals surface area (Å²) < 4.78 is 11.5. The van der Waals surface area contributed by atoms with Crippen molar-refractivity contribution in [1.29, 1.82) is 0 Å². The highest BCUT2D eigenvalue weighted by Gasteiger charge is 2.64. The maximum absolute atomic E-state index is 11.7. The van der Waals surface area contributed by atoms with E-state index in [0.29, 0.717) is 5.92 Å². The van der Waals surface area contributed by atoms with Crippen molar-refractivity contribution in [2.75, 3.05) is 0 Å². The smallest absolute Gasteiger partial charge is 0.384 e. The van der Waals surface area contributed by atoms with Crippen LogP contribution in [-0.4, -0.2) is 23.1 Å². The molecule has 22 heavy (non-hydrogen) atoms. The minimum absolute atomic E-state index is 0.221. The molecule has 4 aliphatic rings. The summed E-state index contributed by atoms with van der Waals surface area (Å²) in [6.45, 7) is 5.54. The van der Waals surface area contributed by atoms with E-state index < -0.39 is 17.2 Å². The monoisotopic (exact) mass is 302 g/mol. The zero-order chi connectivity index (χ0) is 16.0. The van der Waals surface area contributed by atoms with Gasteiger partial charge in [-0.2, -0.15) is 0 Å². The van der Waals surface area contributed by atoms with Gasteiger partial charge < -0.3 is 9.47 Å². The van der Waals surface area contributed by atoms with Crippen LogP contribution in [-0.2, 0) is 19.1 Å². The molecule has 4 bridgehead atoms. The van der Waals surface area contributed by atoms with Crippen LogP contribution >= 0.6 is 0 Å². The number of carbonyl (C=O) groups is 2. The molecule has 0 spiro atoms. The van der Waals surface area contributed by atoms with Gasteiger partial charge in [0.1, 0.15) is 11.2 Å². The molecule has 2 unspecified atom stereocenters. The van der Waals surface area contributed by atoms with Crippen LogP contribution in [0.3, 0.4) is 0 Å². The highest BCUT2D eigenvalue weighted by atomic mass is 16.6. The summed E-state index contributed by atoms with van der Waals surface area (Å²) in [5.74, 6) is 2.12. The predicted octanol–water partition coefficient (Wildman–Crippen LogP) is 2.62. The third-order valence-corrected chi connectivity index (χ3v) is 5.95. The van der Waals surface area contributed by atoms with Crippen LogP contribution in [0.1, 0.15) is 45.4 Å². The molecule has 0 aromatic rings. The summed E-state index contributed by atoms with van der Waals surface area (Å²) in [5, 5.41) is 0. The van der Waals surface area contributed by atoms with Crippen LogP contribution in [0.2, 0.25) is 0 Å². The molecule has 4 nitrogen and oxygen atoms in total. The highest BCUT2D eigenvalue weighted by molar-refractivity contribution is 5.88. The second-order valence-corrected chi connectivity index (χ2v) is 6.99. The van der Waals surface area contributed by atoms with Crippen LogP contribution in [0.15, 0.2) is 12.7 Å². The van der Waals surface area contributed by atoms with Crippen molar-refractivity contribution < 1.29 is 19.1 Å². The summed E-state index contributed by atoms with van der Waals surface area (Å²) in [6.07, 6.45) is 11.7. The number of rotatable bonds is 4. The quantitative estimate of drug-likeness (QED) is 0.347. The van der Waals surface area contributed by atoms with Crippen molar-refractivity contribution in [2.45, 2.75) is 56.7 Å². The lowest BCUT2D eigenvalue weighted by Gasteiger charge is -2.63. The molecule has 2 atom stereocenters. The SMILES string of the molecule is C#CC(=O)OC1(CC)C2CC3CC1CC(OC(=O)C=C)(C3)C2. The van der Waals surface area contributed by atoms with Gasteiger partial charge in [0.2, 0.25) is 0 Å². The highest BCUT2D eigenvalue weighted by Crippen LogP contribution is 2.63. The molecular formula is C18H22O4. The predicted molar refractivity (Wildman–Crippen MR) is 80.5 cm³/mol. The second-order valence-electron chi connectivity index (χ2n) is 6.99. The first kappa shape index (κ1) is 15.1. The minimum Gasteiger partial charge on any atom is -0.456 e. The van der Waals surface area contributed by atoms with Gasteiger partial charge in [-0.3, -0.25) is 0 Å². The lowest BCUT2D eigenvalue weighted by molar-refractivity contribution is -0.246. The first-order chi connectivity index (χ1) is 10.5. The molecule has 4 rings (SSSR count). The van der Waals surface area contributed by atoms with Crippen molar-refractivity contribution in [1.82, 2.24) is 0 Å².